The Morgan fingerprint density at radius 2 is 1.91 bits per heavy atom. The number of ether oxygens (including phenoxy) is 1. The first kappa shape index (κ1) is 24.3. The number of alkyl halides is 3. The third-order valence-corrected chi connectivity index (χ3v) is 5.62. The number of nitrogens with zero attached hydrogens (tertiary/aromatic N) is 4. The van der Waals surface area contributed by atoms with Crippen LogP contribution < -0.4 is 5.73 Å². The maximum absolute atomic E-state index is 15.1. The van der Waals surface area contributed by atoms with Gasteiger partial charge in [-0.3, -0.25) is 9.20 Å². The van der Waals surface area contributed by atoms with Crippen molar-refractivity contribution in [3.63, 3.8) is 0 Å². The largest absolute Gasteiger partial charge is 0.416 e. The van der Waals surface area contributed by atoms with Gasteiger partial charge in [-0.25, -0.2) is 18.7 Å². The predicted octanol–water partition coefficient (Wildman–Crippen LogP) is 4.44. The predicted molar refractivity (Wildman–Crippen MR) is 117 cm³/mol. The number of nitrogens with two attached hydrogens (primary N) is 1. The van der Waals surface area contributed by atoms with Crippen LogP contribution in [0.4, 0.5) is 27.8 Å². The monoisotopic (exact) mass is 493 g/mol. The van der Waals surface area contributed by atoms with E-state index in [1.807, 2.05) is 0 Å². The van der Waals surface area contributed by atoms with Crippen molar-refractivity contribution in [3.05, 3.63) is 71.2 Å². The zero-order valence-corrected chi connectivity index (χ0v) is 18.6. The Labute approximate surface area is 195 Å². The molecule has 1 atom stereocenters. The number of fused-ring (bicyclic) bond motifs is 3. The van der Waals surface area contributed by atoms with Crippen LogP contribution in [-0.2, 0) is 17.5 Å². The molecule has 0 bridgehead atoms. The van der Waals surface area contributed by atoms with Crippen LogP contribution in [0.1, 0.15) is 28.4 Å². The van der Waals surface area contributed by atoms with Gasteiger partial charge in [0.05, 0.1) is 47.3 Å². The Morgan fingerprint density at radius 1 is 1.17 bits per heavy atom. The molecule has 0 saturated heterocycles. The van der Waals surface area contributed by atoms with Crippen molar-refractivity contribution in [2.45, 2.75) is 25.7 Å². The summed E-state index contributed by atoms with van der Waals surface area (Å²) in [6.45, 7) is 1.21. The zero-order valence-electron chi connectivity index (χ0n) is 18.6. The van der Waals surface area contributed by atoms with Gasteiger partial charge in [0.1, 0.15) is 23.0 Å². The van der Waals surface area contributed by atoms with E-state index in [1.165, 1.54) is 25.7 Å². The van der Waals surface area contributed by atoms with Crippen LogP contribution in [0.15, 0.2) is 42.9 Å². The smallest absolute Gasteiger partial charge is 0.383 e. The van der Waals surface area contributed by atoms with Crippen molar-refractivity contribution in [3.8, 4) is 0 Å². The Balaban J connectivity index is 1.77. The molecule has 0 aliphatic rings. The van der Waals surface area contributed by atoms with E-state index in [0.29, 0.717) is 17.1 Å². The zero-order chi connectivity index (χ0) is 25.5. The first-order valence-corrected chi connectivity index (χ1v) is 10.4. The first-order chi connectivity index (χ1) is 16.5. The number of anilines is 1. The van der Waals surface area contributed by atoms with Crippen molar-refractivity contribution >= 4 is 28.3 Å². The molecule has 0 spiro atoms. The van der Waals surface area contributed by atoms with Gasteiger partial charge in [0.15, 0.2) is 0 Å². The fourth-order valence-corrected chi connectivity index (χ4v) is 3.81. The molecule has 0 unspecified atom stereocenters. The summed E-state index contributed by atoms with van der Waals surface area (Å²) >= 11 is 0. The van der Waals surface area contributed by atoms with Gasteiger partial charge in [-0.15, -0.1) is 0 Å². The lowest BCUT2D eigenvalue weighted by molar-refractivity contribution is -0.137. The number of amides is 1. The maximum atomic E-state index is 15.1. The number of aromatic nitrogens is 3. The van der Waals surface area contributed by atoms with Gasteiger partial charge in [-0.1, -0.05) is 6.07 Å². The van der Waals surface area contributed by atoms with Crippen molar-refractivity contribution in [1.29, 1.82) is 0 Å². The molecule has 0 fully saturated rings. The molecule has 0 saturated carbocycles. The fourth-order valence-electron chi connectivity index (χ4n) is 3.81. The molecule has 35 heavy (non-hydrogen) atoms. The van der Waals surface area contributed by atoms with E-state index in [0.717, 1.165) is 23.1 Å². The van der Waals surface area contributed by atoms with Gasteiger partial charge in [-0.2, -0.15) is 13.2 Å². The second kappa shape index (κ2) is 9.10. The van der Waals surface area contributed by atoms with E-state index in [2.05, 4.69) is 9.97 Å². The summed E-state index contributed by atoms with van der Waals surface area (Å²) in [5.74, 6) is -2.71. The summed E-state index contributed by atoms with van der Waals surface area (Å²) in [4.78, 5) is 22.7. The number of hydrogen-bond donors (Lipinski definition) is 1. The maximum Gasteiger partial charge on any atom is 0.416 e. The van der Waals surface area contributed by atoms with Gasteiger partial charge in [0.25, 0.3) is 5.91 Å². The molecule has 184 valence electrons. The summed E-state index contributed by atoms with van der Waals surface area (Å²) in [6, 6.07) is 3.71. The van der Waals surface area contributed by atoms with E-state index in [1.54, 1.807) is 11.3 Å². The topological polar surface area (TPSA) is 85.8 Å². The summed E-state index contributed by atoms with van der Waals surface area (Å²) in [6.07, 6.45) is -1.82. The van der Waals surface area contributed by atoms with Gasteiger partial charge in [0.2, 0.25) is 0 Å². The molecule has 1 amide bonds. The van der Waals surface area contributed by atoms with E-state index < -0.39 is 41.9 Å². The van der Waals surface area contributed by atoms with Crippen LogP contribution in [0.3, 0.4) is 0 Å². The second-order valence-electron chi connectivity index (χ2n) is 8.01. The number of halogens is 5. The van der Waals surface area contributed by atoms with Crippen molar-refractivity contribution in [1.82, 2.24) is 19.3 Å². The van der Waals surface area contributed by atoms with Crippen molar-refractivity contribution in [2.75, 3.05) is 19.5 Å². The Hall–Kier alpha value is -3.80. The van der Waals surface area contributed by atoms with E-state index in [-0.39, 0.29) is 29.1 Å². The molecule has 0 radical (unpaired) electrons. The number of nitrogen functional groups attached to an aromatic ring is 1. The highest BCUT2D eigenvalue weighted by atomic mass is 19.4. The molecule has 2 N–H and O–H groups in total. The standard InChI is InChI=1S/C23H20F5N5O2/c1-12(10-35-2)32(9-13-3-4-14(5-16(13)24)23(26,27)28)22(34)15-6-19-18(7-17(15)25)31-21(29)20-8-30-11-33(19)20/h3-8,11-12H,9-10H2,1-2H3,(H2,29,31)/t12-/m1/s1. The quantitative estimate of drug-likeness (QED) is 0.402. The van der Waals surface area contributed by atoms with Crippen LogP contribution in [0, 0.1) is 11.6 Å². The minimum absolute atomic E-state index is 0.0209. The molecule has 4 aromatic rings. The van der Waals surface area contributed by atoms with E-state index >= 15 is 4.39 Å². The molecular weight excluding hydrogens is 473 g/mol. The van der Waals surface area contributed by atoms with Gasteiger partial charge in [-0.05, 0) is 25.1 Å². The second-order valence-corrected chi connectivity index (χ2v) is 8.01. The number of methoxy groups -OCH3 is 1. The average Bonchev–Trinajstić information content (AvgIpc) is 3.28. The number of hydrogen-bond acceptors (Lipinski definition) is 5. The fraction of sp³-hybridized carbons (Fsp3) is 0.261. The minimum atomic E-state index is -4.72. The number of carbonyl (C=O) groups is 1. The minimum Gasteiger partial charge on any atom is -0.383 e. The highest BCUT2D eigenvalue weighted by molar-refractivity contribution is 5.98. The lowest BCUT2D eigenvalue weighted by Gasteiger charge is -2.29. The summed E-state index contributed by atoms with van der Waals surface area (Å²) < 4.78 is 75.0. The van der Waals surface area contributed by atoms with Gasteiger partial charge < -0.3 is 15.4 Å². The molecule has 4 rings (SSSR count). The third kappa shape index (κ3) is 4.61. The van der Waals surface area contributed by atoms with Crippen LogP contribution in [0.25, 0.3) is 16.6 Å². The Kier molecular flexibility index (Phi) is 6.32. The summed E-state index contributed by atoms with van der Waals surface area (Å²) in [5, 5.41) is 0. The highest BCUT2D eigenvalue weighted by Gasteiger charge is 2.32. The summed E-state index contributed by atoms with van der Waals surface area (Å²) in [7, 11) is 1.39. The number of imidazole rings is 1. The van der Waals surface area contributed by atoms with Crippen LogP contribution in [0.5, 0.6) is 0 Å². The van der Waals surface area contributed by atoms with Crippen LogP contribution in [0.2, 0.25) is 0 Å². The van der Waals surface area contributed by atoms with Crippen molar-refractivity contribution in [2.24, 2.45) is 0 Å². The third-order valence-electron chi connectivity index (χ3n) is 5.62. The van der Waals surface area contributed by atoms with Gasteiger partial charge >= 0.3 is 6.18 Å². The lowest BCUT2D eigenvalue weighted by Crippen LogP contribution is -2.41. The lowest BCUT2D eigenvalue weighted by atomic mass is 10.1. The molecule has 2 aromatic heterocycles. The molecule has 0 aliphatic heterocycles. The highest BCUT2D eigenvalue weighted by Crippen LogP contribution is 2.31. The Bertz CT molecular complexity index is 1420. The Morgan fingerprint density at radius 3 is 2.57 bits per heavy atom. The molecule has 12 heteroatoms. The SMILES string of the molecule is COC[C@@H](C)N(Cc1ccc(C(F)(F)F)cc1F)C(=O)c1cc2c(cc1F)nc(N)c1cncn12. The first-order valence-electron chi connectivity index (χ1n) is 10.4. The molecular formula is C23H20F5N5O2. The number of rotatable bonds is 6. The number of carbonyl (C=O) groups excluding carboxylic acids is 1. The summed E-state index contributed by atoms with van der Waals surface area (Å²) in [5.41, 5.74) is 5.23. The number of benzene rings is 2. The van der Waals surface area contributed by atoms with E-state index in [9.17, 15) is 22.4 Å². The van der Waals surface area contributed by atoms with Crippen molar-refractivity contribution < 1.29 is 31.5 Å². The normalized spacial score (nSPS) is 12.9. The van der Waals surface area contributed by atoms with E-state index in [4.69, 9.17) is 10.5 Å². The molecule has 7 nitrogen and oxygen atoms in total. The van der Waals surface area contributed by atoms with Gasteiger partial charge in [0, 0.05) is 25.3 Å². The molecule has 2 heterocycles. The average molecular weight is 493 g/mol. The van der Waals surface area contributed by atoms with Crippen LogP contribution >= 0.6 is 0 Å². The molecule has 2 aromatic carbocycles. The van der Waals surface area contributed by atoms with Crippen LogP contribution in [-0.4, -0.2) is 44.9 Å². The molecule has 0 aliphatic carbocycles.